The second-order valence-electron chi connectivity index (χ2n) is 5.18. The Balaban J connectivity index is 0.000000847. The lowest BCUT2D eigenvalue weighted by molar-refractivity contribution is 0.838. The number of rotatable bonds is 4. The second kappa shape index (κ2) is 7.41. The van der Waals surface area contributed by atoms with Crippen LogP contribution in [0.4, 0.5) is 0 Å². The molecule has 3 rings (SSSR count). The first-order chi connectivity index (χ1) is 10.8. The predicted molar refractivity (Wildman–Crippen MR) is 96.2 cm³/mol. The Labute approximate surface area is 130 Å². The summed E-state index contributed by atoms with van der Waals surface area (Å²) in [6.45, 7) is 5.44. The zero-order chi connectivity index (χ0) is 15.9. The monoisotopic (exact) mass is 294 g/mol. The third-order valence-electron chi connectivity index (χ3n) is 3.68. The largest absolute Gasteiger partial charge is 0.390 e. The van der Waals surface area contributed by atoms with Gasteiger partial charge in [0.25, 0.3) is 0 Å². The maximum absolute atomic E-state index is 5.50. The average molecular weight is 294 g/mol. The molecule has 1 heterocycles. The van der Waals surface area contributed by atoms with E-state index in [1.165, 1.54) is 39.3 Å². The molecule has 0 saturated heterocycles. The lowest BCUT2D eigenvalue weighted by atomic mass is 10.0. The molecule has 0 saturated carbocycles. The first-order valence-electron chi connectivity index (χ1n) is 7.35. The zero-order valence-electron chi connectivity index (χ0n) is 12.9. The van der Waals surface area contributed by atoms with Crippen LogP contribution in [0.15, 0.2) is 41.4 Å². The van der Waals surface area contributed by atoms with Gasteiger partial charge in [-0.3, -0.25) is 4.99 Å². The molecule has 0 bridgehead atoms. The Morgan fingerprint density at radius 3 is 2.77 bits per heavy atom. The summed E-state index contributed by atoms with van der Waals surface area (Å²) in [6.07, 6.45) is 3.42. The molecular formula is C18H22N4. The molecule has 0 fully saturated rings. The maximum atomic E-state index is 5.50. The molecule has 4 heteroatoms. The number of nitrogens with two attached hydrogens (primary N) is 1. The van der Waals surface area contributed by atoms with Crippen molar-refractivity contribution in [3.05, 3.63) is 47.5 Å². The van der Waals surface area contributed by atoms with Crippen LogP contribution in [0.1, 0.15) is 17.5 Å². The van der Waals surface area contributed by atoms with Gasteiger partial charge in [0.2, 0.25) is 0 Å². The van der Waals surface area contributed by atoms with Crippen LogP contribution in [-0.2, 0) is 6.42 Å². The van der Waals surface area contributed by atoms with Crippen molar-refractivity contribution in [1.82, 2.24) is 4.98 Å². The van der Waals surface area contributed by atoms with Gasteiger partial charge >= 0.3 is 0 Å². The van der Waals surface area contributed by atoms with Gasteiger partial charge in [-0.1, -0.05) is 29.8 Å². The number of hydrogen-bond donors (Lipinski definition) is 3. The van der Waals surface area contributed by atoms with Crippen LogP contribution in [0, 0.1) is 12.3 Å². The second-order valence-corrected chi connectivity index (χ2v) is 5.18. The normalized spacial score (nSPS) is 11.0. The number of aromatic nitrogens is 1. The lowest BCUT2D eigenvalue weighted by Gasteiger charge is -2.04. The fraction of sp³-hybridized carbons (Fsp3) is 0.222. The summed E-state index contributed by atoms with van der Waals surface area (Å²) in [5.74, 6) is 0. The van der Waals surface area contributed by atoms with Gasteiger partial charge in [0.05, 0.1) is 6.34 Å². The molecule has 0 radical (unpaired) electrons. The van der Waals surface area contributed by atoms with Crippen LogP contribution in [0.3, 0.4) is 0 Å². The number of para-hydroxylation sites is 1. The molecule has 0 atom stereocenters. The Bertz CT molecular complexity index is 786. The van der Waals surface area contributed by atoms with E-state index in [9.17, 15) is 0 Å². The number of H-pyrrole nitrogens is 1. The van der Waals surface area contributed by atoms with Crippen LogP contribution < -0.4 is 5.73 Å². The SMILES string of the molecule is C=N.Cc1cc(CCCN=CN)c2[nH]c3ccccc3c2c1. The van der Waals surface area contributed by atoms with Crippen LogP contribution in [-0.4, -0.2) is 24.6 Å². The highest BCUT2D eigenvalue weighted by atomic mass is 14.8. The molecule has 0 amide bonds. The third kappa shape index (κ3) is 3.17. The number of hydrogen-bond acceptors (Lipinski definition) is 2. The van der Waals surface area contributed by atoms with E-state index in [0.717, 1.165) is 19.4 Å². The molecule has 3 aromatic rings. The van der Waals surface area contributed by atoms with E-state index >= 15 is 0 Å². The summed E-state index contributed by atoms with van der Waals surface area (Å²) in [4.78, 5) is 7.63. The topological polar surface area (TPSA) is 78.0 Å². The molecular weight excluding hydrogens is 272 g/mol. The van der Waals surface area contributed by atoms with Gasteiger partial charge in [0.15, 0.2) is 0 Å². The van der Waals surface area contributed by atoms with Gasteiger partial charge in [0, 0.05) is 28.4 Å². The van der Waals surface area contributed by atoms with Crippen LogP contribution >= 0.6 is 0 Å². The van der Waals surface area contributed by atoms with Crippen molar-refractivity contribution in [2.24, 2.45) is 10.7 Å². The zero-order valence-corrected chi connectivity index (χ0v) is 12.9. The van der Waals surface area contributed by atoms with Gasteiger partial charge in [-0.25, -0.2) is 0 Å². The van der Waals surface area contributed by atoms with E-state index in [-0.39, 0.29) is 0 Å². The Kier molecular flexibility index (Phi) is 5.31. The summed E-state index contributed by atoms with van der Waals surface area (Å²) < 4.78 is 0. The van der Waals surface area contributed by atoms with Gasteiger partial charge in [-0.15, -0.1) is 0 Å². The van der Waals surface area contributed by atoms with Crippen molar-refractivity contribution >= 4 is 34.9 Å². The molecule has 114 valence electrons. The van der Waals surface area contributed by atoms with Crippen molar-refractivity contribution in [2.45, 2.75) is 19.8 Å². The third-order valence-corrected chi connectivity index (χ3v) is 3.68. The molecule has 0 aliphatic rings. The van der Waals surface area contributed by atoms with Gasteiger partial charge < -0.3 is 16.1 Å². The van der Waals surface area contributed by atoms with E-state index in [4.69, 9.17) is 11.1 Å². The summed E-state index contributed by atoms with van der Waals surface area (Å²) in [5, 5.41) is 8.12. The molecule has 4 N–H and O–H groups in total. The minimum Gasteiger partial charge on any atom is -0.390 e. The molecule has 0 spiro atoms. The molecule has 1 aromatic heterocycles. The van der Waals surface area contributed by atoms with Crippen molar-refractivity contribution in [3.8, 4) is 0 Å². The summed E-state index contributed by atoms with van der Waals surface area (Å²) >= 11 is 0. The van der Waals surface area contributed by atoms with E-state index in [1.54, 1.807) is 0 Å². The molecule has 0 unspecified atom stereocenters. The molecule has 0 aliphatic carbocycles. The van der Waals surface area contributed by atoms with Gasteiger partial charge in [0.1, 0.15) is 0 Å². The van der Waals surface area contributed by atoms with E-state index < -0.39 is 0 Å². The molecule has 0 aliphatic heterocycles. The quantitative estimate of drug-likeness (QED) is 0.382. The summed E-state index contributed by atoms with van der Waals surface area (Å²) in [7, 11) is 0. The van der Waals surface area contributed by atoms with Crippen molar-refractivity contribution in [3.63, 3.8) is 0 Å². The number of fused-ring (bicyclic) bond motifs is 3. The molecule has 2 aromatic carbocycles. The van der Waals surface area contributed by atoms with Gasteiger partial charge in [-0.2, -0.15) is 0 Å². The number of aryl methyl sites for hydroxylation is 2. The minimum atomic E-state index is 0.784. The maximum Gasteiger partial charge on any atom is 0.0797 e. The van der Waals surface area contributed by atoms with Crippen LogP contribution in [0.2, 0.25) is 0 Å². The summed E-state index contributed by atoms with van der Waals surface area (Å²) in [5.41, 5.74) is 10.4. The van der Waals surface area contributed by atoms with Crippen molar-refractivity contribution in [1.29, 1.82) is 5.41 Å². The number of benzene rings is 2. The summed E-state index contributed by atoms with van der Waals surface area (Å²) in [6, 6.07) is 13.0. The van der Waals surface area contributed by atoms with E-state index in [2.05, 4.69) is 60.0 Å². The Morgan fingerprint density at radius 2 is 2.00 bits per heavy atom. The number of nitrogens with one attached hydrogen (secondary N) is 2. The van der Waals surface area contributed by atoms with Gasteiger partial charge in [-0.05, 0) is 44.2 Å². The van der Waals surface area contributed by atoms with Crippen LogP contribution in [0.5, 0.6) is 0 Å². The minimum absolute atomic E-state index is 0.784. The molecule has 22 heavy (non-hydrogen) atoms. The fourth-order valence-electron chi connectivity index (χ4n) is 2.82. The number of aromatic amines is 1. The number of nitrogens with zero attached hydrogens (tertiary/aromatic N) is 1. The molecule has 4 nitrogen and oxygen atoms in total. The Hall–Kier alpha value is -2.62. The highest BCUT2D eigenvalue weighted by molar-refractivity contribution is 6.08. The highest BCUT2D eigenvalue weighted by Gasteiger charge is 2.08. The Morgan fingerprint density at radius 1 is 1.23 bits per heavy atom. The van der Waals surface area contributed by atoms with Crippen molar-refractivity contribution in [2.75, 3.05) is 6.54 Å². The van der Waals surface area contributed by atoms with E-state index in [1.807, 2.05) is 0 Å². The smallest absolute Gasteiger partial charge is 0.0797 e. The lowest BCUT2D eigenvalue weighted by Crippen LogP contribution is -1.94. The van der Waals surface area contributed by atoms with Crippen molar-refractivity contribution < 1.29 is 0 Å². The average Bonchev–Trinajstić information content (AvgIpc) is 2.92. The number of aliphatic imine (C=N–C) groups is 1. The van der Waals surface area contributed by atoms with E-state index in [0.29, 0.717) is 0 Å². The predicted octanol–water partition coefficient (Wildman–Crippen LogP) is 3.81. The standard InChI is InChI=1S/C17H19N3.CH3N/c1-12-9-13(5-4-8-19-11-18)17-15(10-12)14-6-2-3-7-16(14)20-17;1-2/h2-3,6-7,9-11,20H,4-5,8H2,1H3,(H2,18,19);2H,1H2. The first kappa shape index (κ1) is 15.8. The first-order valence-corrected chi connectivity index (χ1v) is 7.35. The van der Waals surface area contributed by atoms with Crippen LogP contribution in [0.25, 0.3) is 21.8 Å². The highest BCUT2D eigenvalue weighted by Crippen LogP contribution is 2.29. The fourth-order valence-corrected chi connectivity index (χ4v) is 2.82.